The van der Waals surface area contributed by atoms with Crippen LogP contribution in [0.4, 0.5) is 21.9 Å². The van der Waals surface area contributed by atoms with Crippen LogP contribution in [0, 0.1) is 5.92 Å². The minimum atomic E-state index is -3.97. The largest absolute Gasteiger partial charge is 0.490 e. The number of carbonyl (C=O) groups excluding carboxylic acids is 2. The van der Waals surface area contributed by atoms with Gasteiger partial charge in [-0.25, -0.2) is 13.2 Å². The van der Waals surface area contributed by atoms with E-state index in [-0.39, 0.29) is 53.4 Å². The number of amides is 3. The Morgan fingerprint density at radius 1 is 1.04 bits per heavy atom. The molecule has 3 atom stereocenters. The smallest absolute Gasteiger partial charge is 0.323 e. The maximum absolute atomic E-state index is 13.9. The van der Waals surface area contributed by atoms with Crippen molar-refractivity contribution in [1.29, 1.82) is 0 Å². The average molecular weight is 688 g/mol. The molecular formula is C36H41N5O7S. The van der Waals surface area contributed by atoms with Gasteiger partial charge in [-0.1, -0.05) is 49.4 Å². The number of sulfonamides is 1. The SMILES string of the molecule is CC1CN(C(C)CO)C(=O)c2cccc(NC(=O)Nc3cccc4ccccc34)c2OC1CN(C)S(=O)(=O)c1ccc2c(c1)N(C)CCO2. The predicted octanol–water partition coefficient (Wildman–Crippen LogP) is 4.85. The molecule has 0 aliphatic carbocycles. The van der Waals surface area contributed by atoms with Crippen LogP contribution in [0.15, 0.2) is 83.8 Å². The van der Waals surface area contributed by atoms with E-state index < -0.39 is 28.2 Å². The van der Waals surface area contributed by atoms with Crippen LogP contribution in [-0.2, 0) is 10.0 Å². The van der Waals surface area contributed by atoms with Crippen molar-refractivity contribution < 1.29 is 32.6 Å². The highest BCUT2D eigenvalue weighted by Gasteiger charge is 2.36. The van der Waals surface area contributed by atoms with E-state index in [1.807, 2.05) is 55.3 Å². The van der Waals surface area contributed by atoms with Crippen molar-refractivity contribution in [1.82, 2.24) is 9.21 Å². The van der Waals surface area contributed by atoms with Crippen molar-refractivity contribution in [3.63, 3.8) is 0 Å². The van der Waals surface area contributed by atoms with Gasteiger partial charge in [0.05, 0.1) is 53.3 Å². The minimum absolute atomic E-state index is 0.0571. The van der Waals surface area contributed by atoms with Gasteiger partial charge in [0.15, 0.2) is 5.75 Å². The lowest BCUT2D eigenvalue weighted by Crippen LogP contribution is -2.50. The van der Waals surface area contributed by atoms with Gasteiger partial charge in [0.2, 0.25) is 10.0 Å². The number of hydrogen-bond acceptors (Lipinski definition) is 8. The van der Waals surface area contributed by atoms with Crippen LogP contribution in [0.3, 0.4) is 0 Å². The number of anilines is 3. The first-order valence-corrected chi connectivity index (χ1v) is 17.6. The van der Waals surface area contributed by atoms with Gasteiger partial charge in [0.25, 0.3) is 5.91 Å². The Balaban J connectivity index is 1.31. The monoisotopic (exact) mass is 687 g/mol. The molecule has 3 unspecified atom stereocenters. The average Bonchev–Trinajstić information content (AvgIpc) is 3.09. The summed E-state index contributed by atoms with van der Waals surface area (Å²) >= 11 is 0. The minimum Gasteiger partial charge on any atom is -0.490 e. The quantitative estimate of drug-likeness (QED) is 0.239. The third-order valence-electron chi connectivity index (χ3n) is 9.15. The first-order chi connectivity index (χ1) is 23.5. The lowest BCUT2D eigenvalue weighted by molar-refractivity contribution is 0.0389. The lowest BCUT2D eigenvalue weighted by atomic mass is 9.99. The summed E-state index contributed by atoms with van der Waals surface area (Å²) in [5.74, 6) is -0.00690. The molecule has 0 spiro atoms. The molecule has 0 radical (unpaired) electrons. The molecule has 258 valence electrons. The van der Waals surface area contributed by atoms with Crippen LogP contribution in [0.2, 0.25) is 0 Å². The molecule has 3 N–H and O–H groups in total. The van der Waals surface area contributed by atoms with Crippen molar-refractivity contribution in [3.05, 3.63) is 84.4 Å². The molecule has 2 aliphatic rings. The second-order valence-corrected chi connectivity index (χ2v) is 14.6. The molecule has 4 aromatic carbocycles. The van der Waals surface area contributed by atoms with E-state index >= 15 is 0 Å². The lowest BCUT2D eigenvalue weighted by Gasteiger charge is -2.38. The number of rotatable bonds is 8. The number of urea groups is 1. The number of aliphatic hydroxyl groups excluding tert-OH is 1. The van der Waals surface area contributed by atoms with E-state index in [0.717, 1.165) is 10.8 Å². The Bertz CT molecular complexity index is 1980. The zero-order valence-corrected chi connectivity index (χ0v) is 28.7. The van der Waals surface area contributed by atoms with Crippen LogP contribution in [0.1, 0.15) is 24.2 Å². The van der Waals surface area contributed by atoms with E-state index in [1.165, 1.54) is 17.4 Å². The highest BCUT2D eigenvalue weighted by atomic mass is 32.2. The Labute approximate surface area is 286 Å². The summed E-state index contributed by atoms with van der Waals surface area (Å²) in [6.45, 7) is 4.65. The maximum Gasteiger partial charge on any atom is 0.323 e. The second kappa shape index (κ2) is 13.9. The maximum atomic E-state index is 13.9. The summed E-state index contributed by atoms with van der Waals surface area (Å²) < 4.78 is 41.3. The van der Waals surface area contributed by atoms with Crippen molar-refractivity contribution >= 4 is 49.8 Å². The number of para-hydroxylation sites is 1. The molecule has 49 heavy (non-hydrogen) atoms. The third-order valence-corrected chi connectivity index (χ3v) is 11.0. The van der Waals surface area contributed by atoms with Gasteiger partial charge in [-0.2, -0.15) is 4.31 Å². The van der Waals surface area contributed by atoms with Gasteiger partial charge in [-0.15, -0.1) is 0 Å². The number of ether oxygens (including phenoxy) is 2. The zero-order chi connectivity index (χ0) is 34.9. The Hall–Kier alpha value is -4.85. The molecule has 0 fully saturated rings. The van der Waals surface area contributed by atoms with E-state index in [9.17, 15) is 23.1 Å². The zero-order valence-electron chi connectivity index (χ0n) is 27.9. The van der Waals surface area contributed by atoms with E-state index in [0.29, 0.717) is 30.3 Å². The number of nitrogens with one attached hydrogen (secondary N) is 2. The second-order valence-electron chi connectivity index (χ2n) is 12.6. The summed E-state index contributed by atoms with van der Waals surface area (Å²) in [5, 5.41) is 17.6. The first kappa shape index (κ1) is 34.0. The molecule has 12 nitrogen and oxygen atoms in total. The predicted molar refractivity (Wildman–Crippen MR) is 189 cm³/mol. The molecule has 2 heterocycles. The van der Waals surface area contributed by atoms with Crippen molar-refractivity contribution in [2.24, 2.45) is 5.92 Å². The summed E-state index contributed by atoms with van der Waals surface area (Å²) in [4.78, 5) is 30.9. The first-order valence-electron chi connectivity index (χ1n) is 16.2. The summed E-state index contributed by atoms with van der Waals surface area (Å²) in [7, 11) is -0.595. The Morgan fingerprint density at radius 2 is 1.76 bits per heavy atom. The fourth-order valence-electron chi connectivity index (χ4n) is 6.19. The molecule has 0 aromatic heterocycles. The number of fused-ring (bicyclic) bond motifs is 3. The van der Waals surface area contributed by atoms with Crippen LogP contribution >= 0.6 is 0 Å². The van der Waals surface area contributed by atoms with E-state index in [1.54, 1.807) is 48.2 Å². The molecule has 3 amide bonds. The number of nitrogens with zero attached hydrogens (tertiary/aromatic N) is 3. The standard InChI is InChI=1S/C36H41N5O7S/c1-23-20-41(24(2)22-42)35(43)28-12-8-14-30(38-36(44)37-29-13-7-10-25-9-5-6-11-27(25)29)34(28)48-33(23)21-40(4)49(45,46)26-15-16-32-31(19-26)39(3)17-18-47-32/h5-16,19,23-24,33,42H,17-18,20-22H2,1-4H3,(H2,37,38,44). The fraction of sp³-hybridized carbons (Fsp3) is 0.333. The topological polar surface area (TPSA) is 141 Å². The van der Waals surface area contributed by atoms with Crippen LogP contribution in [-0.4, -0.2) is 93.8 Å². The number of benzene rings is 4. The van der Waals surface area contributed by atoms with Crippen molar-refractivity contribution in [2.75, 3.05) is 62.5 Å². The third kappa shape index (κ3) is 6.87. The summed E-state index contributed by atoms with van der Waals surface area (Å²) in [6.07, 6.45) is -0.743. The molecule has 0 saturated carbocycles. The van der Waals surface area contributed by atoms with Gasteiger partial charge >= 0.3 is 6.03 Å². The number of likely N-dealkylation sites (N-methyl/N-ethyl adjacent to an activating group) is 2. The molecule has 13 heteroatoms. The van der Waals surface area contributed by atoms with Crippen LogP contribution < -0.4 is 25.0 Å². The summed E-state index contributed by atoms with van der Waals surface area (Å²) in [5.41, 5.74) is 1.72. The molecule has 0 saturated heterocycles. The summed E-state index contributed by atoms with van der Waals surface area (Å²) in [6, 6.07) is 21.9. The van der Waals surface area contributed by atoms with Gasteiger partial charge in [0.1, 0.15) is 18.5 Å². The fourth-order valence-corrected chi connectivity index (χ4v) is 7.40. The molecular weight excluding hydrogens is 646 g/mol. The van der Waals surface area contributed by atoms with E-state index in [2.05, 4.69) is 10.6 Å². The number of hydrogen-bond donors (Lipinski definition) is 3. The van der Waals surface area contributed by atoms with Gasteiger partial charge in [0, 0.05) is 31.9 Å². The highest BCUT2D eigenvalue weighted by molar-refractivity contribution is 7.89. The molecule has 0 bridgehead atoms. The van der Waals surface area contributed by atoms with Gasteiger partial charge < -0.3 is 35.0 Å². The van der Waals surface area contributed by atoms with Crippen molar-refractivity contribution in [2.45, 2.75) is 30.9 Å². The molecule has 4 aromatic rings. The van der Waals surface area contributed by atoms with Crippen LogP contribution in [0.25, 0.3) is 10.8 Å². The number of carbonyl (C=O) groups is 2. The highest BCUT2D eigenvalue weighted by Crippen LogP contribution is 2.37. The normalized spacial score (nSPS) is 18.4. The Kier molecular flexibility index (Phi) is 9.68. The molecule has 6 rings (SSSR count). The van der Waals surface area contributed by atoms with Crippen molar-refractivity contribution in [3.8, 4) is 11.5 Å². The van der Waals surface area contributed by atoms with Crippen LogP contribution in [0.5, 0.6) is 11.5 Å². The Morgan fingerprint density at radius 3 is 2.55 bits per heavy atom. The molecule has 2 aliphatic heterocycles. The number of aliphatic hydroxyl groups is 1. The van der Waals surface area contributed by atoms with E-state index in [4.69, 9.17) is 9.47 Å². The van der Waals surface area contributed by atoms with Gasteiger partial charge in [-0.05, 0) is 48.7 Å². The van der Waals surface area contributed by atoms with Gasteiger partial charge in [-0.3, -0.25) is 4.79 Å².